The molecule has 0 atom stereocenters. The Balaban J connectivity index is 0.000000956. The molecule has 0 aliphatic rings. The maximum absolute atomic E-state index is 12.0. The fraction of sp³-hybridized carbons (Fsp3) is 0.500. The number of amides is 1. The van der Waals surface area contributed by atoms with Crippen molar-refractivity contribution in [1.29, 1.82) is 0 Å². The van der Waals surface area contributed by atoms with Gasteiger partial charge >= 0.3 is 39.1 Å². The summed E-state index contributed by atoms with van der Waals surface area (Å²) in [6.07, 6.45) is -0.390. The van der Waals surface area contributed by atoms with Gasteiger partial charge in [0.15, 0.2) is 0 Å². The van der Waals surface area contributed by atoms with Gasteiger partial charge in [0.1, 0.15) is 13.2 Å². The van der Waals surface area contributed by atoms with Crippen molar-refractivity contribution >= 4 is 19.5 Å². The molecule has 1 N–H and O–H groups in total. The SMILES string of the molecule is C=C(C)c1cccc(C(C)(C)NC(=O)OCC[N+](C)(C)C)c1.F[P-](F)(F)(F)(F)F. The van der Waals surface area contributed by atoms with Gasteiger partial charge in [-0.3, -0.25) is 0 Å². The summed E-state index contributed by atoms with van der Waals surface area (Å²) in [5.41, 5.74) is 2.60. The van der Waals surface area contributed by atoms with E-state index in [4.69, 9.17) is 4.74 Å². The first-order chi connectivity index (χ1) is 12.5. The topological polar surface area (TPSA) is 38.3 Å². The summed E-state index contributed by atoms with van der Waals surface area (Å²) in [6, 6.07) is 8.04. The molecule has 29 heavy (non-hydrogen) atoms. The predicted molar refractivity (Wildman–Crippen MR) is 105 cm³/mol. The Morgan fingerprint density at radius 2 is 1.62 bits per heavy atom. The fourth-order valence-corrected chi connectivity index (χ4v) is 1.95. The van der Waals surface area contributed by atoms with Gasteiger partial charge < -0.3 is 14.5 Å². The van der Waals surface area contributed by atoms with Gasteiger partial charge in [-0.25, -0.2) is 4.79 Å². The number of alkyl carbamates (subject to hydrolysis) is 1. The molecule has 1 aromatic rings. The van der Waals surface area contributed by atoms with Gasteiger partial charge in [0.05, 0.1) is 26.7 Å². The Hall–Kier alpha value is -1.80. The van der Waals surface area contributed by atoms with Crippen LogP contribution >= 0.6 is 7.81 Å². The average Bonchev–Trinajstić information content (AvgIpc) is 2.42. The van der Waals surface area contributed by atoms with Crippen molar-refractivity contribution in [1.82, 2.24) is 5.32 Å². The van der Waals surface area contributed by atoms with Crippen molar-refractivity contribution in [2.24, 2.45) is 0 Å². The fourth-order valence-electron chi connectivity index (χ4n) is 1.95. The Bertz CT molecular complexity index is 729. The zero-order valence-corrected chi connectivity index (χ0v) is 18.3. The number of rotatable bonds is 6. The molecular weight excluding hydrogens is 421 g/mol. The summed E-state index contributed by atoms with van der Waals surface area (Å²) in [7, 11) is -4.47. The zero-order chi connectivity index (χ0) is 23.4. The Morgan fingerprint density at radius 3 is 2.03 bits per heavy atom. The van der Waals surface area contributed by atoms with Crippen LogP contribution in [0.4, 0.5) is 30.0 Å². The molecular formula is C18H29F6N2O2P. The van der Waals surface area contributed by atoms with Crippen LogP contribution in [0.25, 0.3) is 5.57 Å². The Morgan fingerprint density at radius 1 is 1.14 bits per heavy atom. The number of nitrogens with zero attached hydrogens (tertiary/aromatic N) is 1. The summed E-state index contributed by atoms with van der Waals surface area (Å²) in [5.74, 6) is 0. The number of carbonyl (C=O) groups excluding carboxylic acids is 1. The zero-order valence-electron chi connectivity index (χ0n) is 17.4. The molecule has 1 rings (SSSR count). The van der Waals surface area contributed by atoms with E-state index >= 15 is 0 Å². The normalized spacial score (nSPS) is 14.6. The number of benzene rings is 1. The van der Waals surface area contributed by atoms with E-state index in [1.807, 2.05) is 39.0 Å². The molecule has 0 aromatic heterocycles. The third-order valence-corrected chi connectivity index (χ3v) is 3.49. The standard InChI is InChI=1S/C18H28N2O2.F6P/c1-14(2)15-9-8-10-16(13-15)18(3,4)19-17(21)22-12-11-20(5,6)7;1-7(2,3,4,5)6/h8-10,13H,1,11-12H2,2-7H3;/q;-1/p+1. The Labute approximate surface area is 167 Å². The van der Waals surface area contributed by atoms with Gasteiger partial charge in [-0.1, -0.05) is 30.4 Å². The molecule has 0 heterocycles. The molecule has 0 fully saturated rings. The second-order valence-electron chi connectivity index (χ2n) is 8.22. The van der Waals surface area contributed by atoms with Crippen LogP contribution in [0.2, 0.25) is 0 Å². The Kier molecular flexibility index (Phi) is 7.64. The number of ether oxygens (including phenoxy) is 1. The molecule has 0 unspecified atom stereocenters. The predicted octanol–water partition coefficient (Wildman–Crippen LogP) is 6.77. The first kappa shape index (κ1) is 27.2. The molecule has 0 spiro atoms. The number of likely N-dealkylation sites (N-methyl/N-ethyl adjacent to an activating group) is 1. The van der Waals surface area contributed by atoms with Crippen LogP contribution in [-0.4, -0.2) is 44.9 Å². The second kappa shape index (κ2) is 8.14. The van der Waals surface area contributed by atoms with E-state index in [-0.39, 0.29) is 6.09 Å². The van der Waals surface area contributed by atoms with Crippen molar-refractivity contribution in [3.8, 4) is 0 Å². The van der Waals surface area contributed by atoms with Crippen LogP contribution in [0, 0.1) is 0 Å². The van der Waals surface area contributed by atoms with E-state index < -0.39 is 13.3 Å². The van der Waals surface area contributed by atoms with E-state index in [0.717, 1.165) is 27.7 Å². The third-order valence-electron chi connectivity index (χ3n) is 3.49. The number of hydrogen-bond acceptors (Lipinski definition) is 2. The quantitative estimate of drug-likeness (QED) is 0.295. The molecule has 170 valence electrons. The molecule has 11 heteroatoms. The molecule has 1 aromatic carbocycles. The van der Waals surface area contributed by atoms with Gasteiger partial charge in [0.2, 0.25) is 0 Å². The molecule has 0 saturated heterocycles. The number of halogens is 6. The van der Waals surface area contributed by atoms with Crippen LogP contribution < -0.4 is 5.32 Å². The van der Waals surface area contributed by atoms with E-state index in [0.29, 0.717) is 6.61 Å². The van der Waals surface area contributed by atoms with Gasteiger partial charge in [-0.2, -0.15) is 0 Å². The van der Waals surface area contributed by atoms with E-state index in [1.165, 1.54) is 0 Å². The monoisotopic (exact) mass is 450 g/mol. The van der Waals surface area contributed by atoms with Crippen molar-refractivity contribution < 1.29 is 39.2 Å². The first-order valence-electron chi connectivity index (χ1n) is 8.54. The molecule has 0 radical (unpaired) electrons. The number of quaternary nitrogens is 1. The minimum atomic E-state index is -10.7. The van der Waals surface area contributed by atoms with Gasteiger partial charge in [0, 0.05) is 0 Å². The van der Waals surface area contributed by atoms with Crippen LogP contribution in [0.15, 0.2) is 30.8 Å². The molecule has 0 aliphatic heterocycles. The van der Waals surface area contributed by atoms with Gasteiger partial charge in [0.25, 0.3) is 0 Å². The van der Waals surface area contributed by atoms with Crippen LogP contribution in [-0.2, 0) is 10.3 Å². The van der Waals surface area contributed by atoms with E-state index in [1.54, 1.807) is 0 Å². The van der Waals surface area contributed by atoms with Crippen LogP contribution in [0.3, 0.4) is 0 Å². The summed E-state index contributed by atoms with van der Waals surface area (Å²) >= 11 is 0. The summed E-state index contributed by atoms with van der Waals surface area (Å²) in [6.45, 7) is 11.0. The average molecular weight is 450 g/mol. The summed E-state index contributed by atoms with van der Waals surface area (Å²) in [5, 5.41) is 2.93. The first-order valence-corrected chi connectivity index (χ1v) is 10.6. The molecule has 1 amide bonds. The number of nitrogens with one attached hydrogen (secondary N) is 1. The van der Waals surface area contributed by atoms with Gasteiger partial charge in [-0.15, -0.1) is 0 Å². The van der Waals surface area contributed by atoms with Crippen LogP contribution in [0.5, 0.6) is 0 Å². The van der Waals surface area contributed by atoms with Crippen molar-refractivity contribution in [2.75, 3.05) is 34.3 Å². The van der Waals surface area contributed by atoms with E-state index in [2.05, 4.69) is 39.1 Å². The molecule has 0 aliphatic carbocycles. The van der Waals surface area contributed by atoms with Gasteiger partial charge in [-0.05, 0) is 38.0 Å². The van der Waals surface area contributed by atoms with E-state index in [9.17, 15) is 30.0 Å². The molecule has 0 saturated carbocycles. The van der Waals surface area contributed by atoms with Crippen molar-refractivity contribution in [3.05, 3.63) is 42.0 Å². The minimum absolute atomic E-state index is 0.390. The molecule has 0 bridgehead atoms. The third kappa shape index (κ3) is 16.8. The maximum atomic E-state index is 12.0. The van der Waals surface area contributed by atoms with Crippen molar-refractivity contribution in [3.63, 3.8) is 0 Å². The summed E-state index contributed by atoms with van der Waals surface area (Å²) in [4.78, 5) is 12.0. The molecule has 4 nitrogen and oxygen atoms in total. The number of allylic oxidation sites excluding steroid dienone is 1. The van der Waals surface area contributed by atoms with Crippen LogP contribution in [0.1, 0.15) is 31.9 Å². The van der Waals surface area contributed by atoms with Crippen molar-refractivity contribution in [2.45, 2.75) is 26.3 Å². The number of hydrogen-bond donors (Lipinski definition) is 1. The second-order valence-corrected chi connectivity index (χ2v) is 10.1. The summed E-state index contributed by atoms with van der Waals surface area (Å²) < 4.78 is 65.2. The number of carbonyl (C=O) groups is 1.